The number of nitrogens with one attached hydrogen (secondary N) is 1. The van der Waals surface area contributed by atoms with E-state index in [1.807, 2.05) is 53.9 Å². The number of thiophene rings is 1. The third-order valence-electron chi connectivity index (χ3n) is 5.10. The normalized spacial score (nSPS) is 11.0. The van der Waals surface area contributed by atoms with Gasteiger partial charge in [0.15, 0.2) is 5.16 Å². The van der Waals surface area contributed by atoms with Crippen molar-refractivity contribution in [1.29, 1.82) is 0 Å². The SMILES string of the molecule is CCCCc1ccc(NC(=O)CSc2nc3ccsc3c(=O)n2Cc2ccccc2)cc1. The molecule has 0 aliphatic carbocycles. The number of hydrogen-bond acceptors (Lipinski definition) is 5. The number of nitrogens with zero attached hydrogens (tertiary/aromatic N) is 2. The summed E-state index contributed by atoms with van der Waals surface area (Å²) in [6, 6.07) is 19.7. The number of carbonyl (C=O) groups is 1. The molecule has 2 aromatic heterocycles. The number of rotatable bonds is 9. The van der Waals surface area contributed by atoms with Gasteiger partial charge in [0, 0.05) is 5.69 Å². The first kappa shape index (κ1) is 22.3. The second-order valence-corrected chi connectivity index (χ2v) is 9.40. The second-order valence-electron chi connectivity index (χ2n) is 7.54. The standard InChI is InChI=1S/C25H25N3O2S2/c1-2-3-7-18-10-12-20(13-11-18)26-22(29)17-32-25-27-21-14-15-31-23(21)24(30)28(25)16-19-8-5-4-6-9-19/h4-6,8-15H,2-3,7,16-17H2,1H3,(H,26,29). The lowest BCUT2D eigenvalue weighted by Crippen LogP contribution is -2.24. The quantitative estimate of drug-likeness (QED) is 0.260. The Morgan fingerprint density at radius 2 is 1.84 bits per heavy atom. The zero-order valence-corrected chi connectivity index (χ0v) is 19.5. The third-order valence-corrected chi connectivity index (χ3v) is 6.97. The molecule has 32 heavy (non-hydrogen) atoms. The van der Waals surface area contributed by atoms with Gasteiger partial charge in [-0.25, -0.2) is 4.98 Å². The highest BCUT2D eigenvalue weighted by Crippen LogP contribution is 2.22. The molecule has 164 valence electrons. The van der Waals surface area contributed by atoms with E-state index in [9.17, 15) is 9.59 Å². The number of unbranched alkanes of at least 4 members (excludes halogenated alkanes) is 1. The van der Waals surface area contributed by atoms with Crippen LogP contribution in [0.3, 0.4) is 0 Å². The Labute approximate surface area is 195 Å². The summed E-state index contributed by atoms with van der Waals surface area (Å²) >= 11 is 2.68. The number of aryl methyl sites for hydroxylation is 1. The van der Waals surface area contributed by atoms with Crippen molar-refractivity contribution >= 4 is 44.9 Å². The number of aromatic nitrogens is 2. The van der Waals surface area contributed by atoms with Crippen molar-refractivity contribution < 1.29 is 4.79 Å². The van der Waals surface area contributed by atoms with Crippen LogP contribution in [0.2, 0.25) is 0 Å². The summed E-state index contributed by atoms with van der Waals surface area (Å²) in [5, 5.41) is 5.36. The van der Waals surface area contributed by atoms with Crippen LogP contribution in [-0.4, -0.2) is 21.2 Å². The van der Waals surface area contributed by atoms with Crippen LogP contribution in [-0.2, 0) is 17.8 Å². The van der Waals surface area contributed by atoms with Gasteiger partial charge in [-0.05, 0) is 47.5 Å². The first-order chi connectivity index (χ1) is 15.6. The van der Waals surface area contributed by atoms with Crippen molar-refractivity contribution in [2.45, 2.75) is 37.9 Å². The molecule has 0 spiro atoms. The fraction of sp³-hybridized carbons (Fsp3) is 0.240. The largest absolute Gasteiger partial charge is 0.325 e. The molecule has 4 rings (SSSR count). The zero-order valence-electron chi connectivity index (χ0n) is 17.9. The molecule has 0 fully saturated rings. The van der Waals surface area contributed by atoms with Crippen LogP contribution in [0.25, 0.3) is 10.2 Å². The first-order valence-electron chi connectivity index (χ1n) is 10.7. The second kappa shape index (κ2) is 10.6. The first-order valence-corrected chi connectivity index (χ1v) is 12.5. The predicted molar refractivity (Wildman–Crippen MR) is 134 cm³/mol. The minimum Gasteiger partial charge on any atom is -0.325 e. The lowest BCUT2D eigenvalue weighted by molar-refractivity contribution is -0.113. The van der Waals surface area contributed by atoms with Crippen LogP contribution < -0.4 is 10.9 Å². The highest BCUT2D eigenvalue weighted by molar-refractivity contribution is 7.99. The van der Waals surface area contributed by atoms with E-state index in [-0.39, 0.29) is 17.2 Å². The molecule has 0 saturated heterocycles. The molecule has 4 aromatic rings. The van der Waals surface area contributed by atoms with E-state index >= 15 is 0 Å². The summed E-state index contributed by atoms with van der Waals surface area (Å²) in [6.07, 6.45) is 3.38. The van der Waals surface area contributed by atoms with Gasteiger partial charge in [-0.2, -0.15) is 0 Å². The van der Waals surface area contributed by atoms with E-state index in [0.29, 0.717) is 21.9 Å². The molecule has 0 aliphatic rings. The van der Waals surface area contributed by atoms with Crippen LogP contribution in [0, 0.1) is 0 Å². The van der Waals surface area contributed by atoms with Gasteiger partial charge >= 0.3 is 0 Å². The highest BCUT2D eigenvalue weighted by Gasteiger charge is 2.15. The van der Waals surface area contributed by atoms with Crippen LogP contribution in [0.1, 0.15) is 30.9 Å². The van der Waals surface area contributed by atoms with Crippen LogP contribution >= 0.6 is 23.1 Å². The smallest absolute Gasteiger partial charge is 0.272 e. The van der Waals surface area contributed by atoms with Crippen LogP contribution in [0.4, 0.5) is 5.69 Å². The number of amides is 1. The van der Waals surface area contributed by atoms with Gasteiger partial charge in [0.25, 0.3) is 5.56 Å². The van der Waals surface area contributed by atoms with E-state index in [4.69, 9.17) is 0 Å². The van der Waals surface area contributed by atoms with Gasteiger partial charge < -0.3 is 5.32 Å². The Morgan fingerprint density at radius 3 is 2.59 bits per heavy atom. The van der Waals surface area contributed by atoms with E-state index in [1.165, 1.54) is 28.7 Å². The maximum absolute atomic E-state index is 13.1. The number of thioether (sulfide) groups is 1. The molecule has 7 heteroatoms. The van der Waals surface area contributed by atoms with Gasteiger partial charge in [-0.3, -0.25) is 14.2 Å². The maximum Gasteiger partial charge on any atom is 0.272 e. The van der Waals surface area contributed by atoms with Crippen molar-refractivity contribution in [1.82, 2.24) is 9.55 Å². The molecule has 5 nitrogen and oxygen atoms in total. The lowest BCUT2D eigenvalue weighted by Gasteiger charge is -2.12. The van der Waals surface area contributed by atoms with E-state index in [2.05, 4.69) is 29.4 Å². The minimum absolute atomic E-state index is 0.0700. The molecule has 2 aromatic carbocycles. The van der Waals surface area contributed by atoms with Gasteiger partial charge in [0.2, 0.25) is 5.91 Å². The topological polar surface area (TPSA) is 64.0 Å². The van der Waals surface area contributed by atoms with Crippen LogP contribution in [0.15, 0.2) is 76.0 Å². The maximum atomic E-state index is 13.1. The fourth-order valence-electron chi connectivity index (χ4n) is 3.40. The molecule has 1 amide bonds. The summed E-state index contributed by atoms with van der Waals surface area (Å²) < 4.78 is 2.30. The van der Waals surface area contributed by atoms with E-state index in [0.717, 1.165) is 30.5 Å². The molecular formula is C25H25N3O2S2. The third kappa shape index (κ3) is 5.47. The Balaban J connectivity index is 1.48. The van der Waals surface area contributed by atoms with Gasteiger partial charge in [-0.15, -0.1) is 11.3 Å². The molecular weight excluding hydrogens is 438 g/mol. The molecule has 0 atom stereocenters. The molecule has 0 aliphatic heterocycles. The summed E-state index contributed by atoms with van der Waals surface area (Å²) in [6.45, 7) is 2.60. The number of fused-ring (bicyclic) bond motifs is 1. The molecule has 0 radical (unpaired) electrons. The van der Waals surface area contributed by atoms with Crippen LogP contribution in [0.5, 0.6) is 0 Å². The average molecular weight is 464 g/mol. The monoisotopic (exact) mass is 463 g/mol. The summed E-state index contributed by atoms with van der Waals surface area (Å²) in [4.78, 5) is 30.3. The Kier molecular flexibility index (Phi) is 7.39. The molecule has 0 saturated carbocycles. The minimum atomic E-state index is -0.123. The number of carbonyl (C=O) groups excluding carboxylic acids is 1. The summed E-state index contributed by atoms with van der Waals surface area (Å²) in [5.41, 5.74) is 3.67. The highest BCUT2D eigenvalue weighted by atomic mass is 32.2. The average Bonchev–Trinajstić information content (AvgIpc) is 3.29. The Hall–Kier alpha value is -2.90. The number of anilines is 1. The fourth-order valence-corrected chi connectivity index (χ4v) is 4.98. The van der Waals surface area contributed by atoms with Crippen molar-refractivity contribution in [3.63, 3.8) is 0 Å². The van der Waals surface area contributed by atoms with Gasteiger partial charge in [0.05, 0.1) is 17.8 Å². The van der Waals surface area contributed by atoms with Crippen molar-refractivity contribution in [2.24, 2.45) is 0 Å². The zero-order chi connectivity index (χ0) is 22.3. The molecule has 2 heterocycles. The van der Waals surface area contributed by atoms with Crippen molar-refractivity contribution in [2.75, 3.05) is 11.1 Å². The molecule has 1 N–H and O–H groups in total. The summed E-state index contributed by atoms with van der Waals surface area (Å²) in [5.74, 6) is 0.0521. The van der Waals surface area contributed by atoms with Crippen molar-refractivity contribution in [3.8, 4) is 0 Å². The van der Waals surface area contributed by atoms with Gasteiger partial charge in [-0.1, -0.05) is 67.6 Å². The predicted octanol–water partition coefficient (Wildman–Crippen LogP) is 5.58. The van der Waals surface area contributed by atoms with Crippen molar-refractivity contribution in [3.05, 3.63) is 87.5 Å². The number of hydrogen-bond donors (Lipinski definition) is 1. The lowest BCUT2D eigenvalue weighted by atomic mass is 10.1. The van der Waals surface area contributed by atoms with Gasteiger partial charge in [0.1, 0.15) is 4.70 Å². The molecule has 0 bridgehead atoms. The Morgan fingerprint density at radius 1 is 1.06 bits per heavy atom. The van der Waals surface area contributed by atoms with E-state index in [1.54, 1.807) is 4.57 Å². The van der Waals surface area contributed by atoms with E-state index < -0.39 is 0 Å². The summed E-state index contributed by atoms with van der Waals surface area (Å²) in [7, 11) is 0. The number of benzene rings is 2. The Bertz CT molecular complexity index is 1250. The molecule has 0 unspecified atom stereocenters.